The van der Waals surface area contributed by atoms with E-state index in [1.807, 2.05) is 0 Å². The minimum absolute atomic E-state index is 0.110. The molecule has 0 aliphatic heterocycles. The van der Waals surface area contributed by atoms with Gasteiger partial charge in [-0.25, -0.2) is 4.79 Å². The highest BCUT2D eigenvalue weighted by molar-refractivity contribution is 7.12. The van der Waals surface area contributed by atoms with Crippen molar-refractivity contribution in [3.8, 4) is 5.88 Å². The summed E-state index contributed by atoms with van der Waals surface area (Å²) in [6.45, 7) is 0.260. The Bertz CT molecular complexity index is 647. The summed E-state index contributed by atoms with van der Waals surface area (Å²) in [6, 6.07) is 1.35. The summed E-state index contributed by atoms with van der Waals surface area (Å²) in [4.78, 5) is 23.0. The largest absolute Gasteiger partial charge is 0.480 e. The van der Waals surface area contributed by atoms with Gasteiger partial charge in [-0.2, -0.15) is 0 Å². The maximum Gasteiger partial charge on any atom is 0.336 e. The summed E-state index contributed by atoms with van der Waals surface area (Å²) in [5, 5.41) is 17.0. The van der Waals surface area contributed by atoms with Gasteiger partial charge in [-0.1, -0.05) is 0 Å². The number of aromatic nitrogens is 2. The molecule has 2 rings (SSSR count). The first-order valence-electron chi connectivity index (χ1n) is 5.67. The summed E-state index contributed by atoms with van der Waals surface area (Å²) in [5.74, 6) is -0.923. The molecule has 2 N–H and O–H groups in total. The Morgan fingerprint density at radius 1 is 1.55 bits per heavy atom. The van der Waals surface area contributed by atoms with Crippen molar-refractivity contribution >= 4 is 23.2 Å². The SMILES string of the molecule is COc1nn(C)cc1CNC(=O)c1cc(C(=O)O)cs1. The van der Waals surface area contributed by atoms with Crippen molar-refractivity contribution in [1.29, 1.82) is 0 Å². The molecule has 0 radical (unpaired) electrons. The molecular weight excluding hydrogens is 282 g/mol. The molecule has 1 amide bonds. The van der Waals surface area contributed by atoms with E-state index < -0.39 is 5.97 Å². The molecule has 0 saturated heterocycles. The van der Waals surface area contributed by atoms with E-state index in [1.165, 1.54) is 18.6 Å². The molecule has 2 heterocycles. The van der Waals surface area contributed by atoms with Gasteiger partial charge in [0.25, 0.3) is 5.91 Å². The van der Waals surface area contributed by atoms with Crippen LogP contribution in [0.4, 0.5) is 0 Å². The number of carboxylic acids is 1. The maximum absolute atomic E-state index is 11.9. The molecule has 8 heteroatoms. The van der Waals surface area contributed by atoms with Crippen LogP contribution in [-0.4, -0.2) is 33.9 Å². The molecule has 0 aromatic carbocycles. The van der Waals surface area contributed by atoms with Crippen molar-refractivity contribution in [2.75, 3.05) is 7.11 Å². The maximum atomic E-state index is 11.9. The van der Waals surface area contributed by atoms with Crippen molar-refractivity contribution in [2.24, 2.45) is 7.05 Å². The van der Waals surface area contributed by atoms with E-state index in [-0.39, 0.29) is 18.0 Å². The average Bonchev–Trinajstić information content (AvgIpc) is 3.02. The van der Waals surface area contributed by atoms with Crippen LogP contribution in [0.3, 0.4) is 0 Å². The standard InChI is InChI=1S/C12H13N3O4S/c1-15-5-8(11(14-15)19-2)4-13-10(16)9-3-7(6-20-9)12(17)18/h3,5-6H,4H2,1-2H3,(H,13,16)(H,17,18). The first kappa shape index (κ1) is 14.1. The minimum Gasteiger partial charge on any atom is -0.480 e. The first-order chi connectivity index (χ1) is 9.51. The Morgan fingerprint density at radius 2 is 2.30 bits per heavy atom. The number of nitrogens with zero attached hydrogens (tertiary/aromatic N) is 2. The van der Waals surface area contributed by atoms with Gasteiger partial charge in [0, 0.05) is 18.6 Å². The Balaban J connectivity index is 2.02. The number of rotatable bonds is 5. The number of aryl methyl sites for hydroxylation is 1. The molecule has 0 spiro atoms. The third-order valence-electron chi connectivity index (χ3n) is 2.57. The van der Waals surface area contributed by atoms with Crippen molar-refractivity contribution in [1.82, 2.24) is 15.1 Å². The molecule has 2 aromatic heterocycles. The van der Waals surface area contributed by atoms with Gasteiger partial charge in [0.05, 0.1) is 29.7 Å². The fourth-order valence-corrected chi connectivity index (χ4v) is 2.44. The molecule has 0 unspecified atom stereocenters. The number of hydrogen-bond donors (Lipinski definition) is 2. The van der Waals surface area contributed by atoms with Gasteiger partial charge in [-0.15, -0.1) is 16.4 Å². The molecule has 0 aliphatic carbocycles. The normalized spacial score (nSPS) is 10.3. The van der Waals surface area contributed by atoms with Gasteiger partial charge in [-0.3, -0.25) is 9.48 Å². The molecule has 0 fully saturated rings. The highest BCUT2D eigenvalue weighted by Gasteiger charge is 2.14. The van der Waals surface area contributed by atoms with Crippen LogP contribution >= 0.6 is 11.3 Å². The van der Waals surface area contributed by atoms with E-state index in [4.69, 9.17) is 9.84 Å². The van der Waals surface area contributed by atoms with Gasteiger partial charge in [0.15, 0.2) is 0 Å². The molecule has 20 heavy (non-hydrogen) atoms. The summed E-state index contributed by atoms with van der Waals surface area (Å²) in [6.07, 6.45) is 1.75. The number of carbonyl (C=O) groups is 2. The van der Waals surface area contributed by atoms with Crippen LogP contribution in [0.2, 0.25) is 0 Å². The third kappa shape index (κ3) is 2.97. The smallest absolute Gasteiger partial charge is 0.336 e. The van der Waals surface area contributed by atoms with Crippen LogP contribution in [0.5, 0.6) is 5.88 Å². The van der Waals surface area contributed by atoms with E-state index >= 15 is 0 Å². The lowest BCUT2D eigenvalue weighted by Crippen LogP contribution is -2.21. The Hall–Kier alpha value is -2.35. The quantitative estimate of drug-likeness (QED) is 0.862. The molecule has 7 nitrogen and oxygen atoms in total. The minimum atomic E-state index is -1.05. The number of thiophene rings is 1. The fourth-order valence-electron chi connectivity index (χ4n) is 1.64. The predicted molar refractivity (Wildman–Crippen MR) is 72.2 cm³/mol. The van der Waals surface area contributed by atoms with E-state index in [0.717, 1.165) is 16.9 Å². The van der Waals surface area contributed by atoms with E-state index in [9.17, 15) is 9.59 Å². The Labute approximate surface area is 118 Å². The van der Waals surface area contributed by atoms with E-state index in [0.29, 0.717) is 10.8 Å². The number of aromatic carboxylic acids is 1. The topological polar surface area (TPSA) is 93.5 Å². The zero-order chi connectivity index (χ0) is 14.7. The van der Waals surface area contributed by atoms with Crippen LogP contribution < -0.4 is 10.1 Å². The highest BCUT2D eigenvalue weighted by atomic mass is 32.1. The molecule has 0 atom stereocenters. The number of carbonyl (C=O) groups excluding carboxylic acids is 1. The van der Waals surface area contributed by atoms with Crippen LogP contribution in [0.25, 0.3) is 0 Å². The second-order valence-electron chi connectivity index (χ2n) is 4.02. The lowest BCUT2D eigenvalue weighted by molar-refractivity contribution is 0.0697. The lowest BCUT2D eigenvalue weighted by Gasteiger charge is -2.02. The van der Waals surface area contributed by atoms with Crippen molar-refractivity contribution in [2.45, 2.75) is 6.54 Å². The number of hydrogen-bond acceptors (Lipinski definition) is 5. The molecular formula is C12H13N3O4S. The summed E-state index contributed by atoms with van der Waals surface area (Å²) in [5.41, 5.74) is 0.859. The van der Waals surface area contributed by atoms with Gasteiger partial charge >= 0.3 is 5.97 Å². The number of methoxy groups -OCH3 is 1. The van der Waals surface area contributed by atoms with Crippen LogP contribution in [0.1, 0.15) is 25.6 Å². The second-order valence-corrected chi connectivity index (χ2v) is 4.94. The van der Waals surface area contributed by atoms with Gasteiger partial charge < -0.3 is 15.2 Å². The van der Waals surface area contributed by atoms with Crippen molar-refractivity contribution in [3.63, 3.8) is 0 Å². The number of nitrogens with one attached hydrogen (secondary N) is 1. The van der Waals surface area contributed by atoms with Crippen LogP contribution in [-0.2, 0) is 13.6 Å². The zero-order valence-corrected chi connectivity index (χ0v) is 11.7. The Morgan fingerprint density at radius 3 is 2.90 bits per heavy atom. The molecule has 0 aliphatic rings. The number of carboxylic acid groups (broad SMARTS) is 1. The summed E-state index contributed by atoms with van der Waals surface area (Å²) < 4.78 is 6.67. The zero-order valence-electron chi connectivity index (χ0n) is 10.9. The fraction of sp³-hybridized carbons (Fsp3) is 0.250. The monoisotopic (exact) mass is 295 g/mol. The van der Waals surface area contributed by atoms with E-state index in [1.54, 1.807) is 17.9 Å². The second kappa shape index (κ2) is 5.74. The summed E-state index contributed by atoms with van der Waals surface area (Å²) >= 11 is 1.09. The van der Waals surface area contributed by atoms with Crippen molar-refractivity contribution in [3.05, 3.63) is 33.6 Å². The summed E-state index contributed by atoms with van der Waals surface area (Å²) in [7, 11) is 3.26. The van der Waals surface area contributed by atoms with Gasteiger partial charge in [-0.05, 0) is 6.07 Å². The van der Waals surface area contributed by atoms with Crippen molar-refractivity contribution < 1.29 is 19.4 Å². The van der Waals surface area contributed by atoms with E-state index in [2.05, 4.69) is 10.4 Å². The number of amides is 1. The Kier molecular flexibility index (Phi) is 4.04. The molecule has 0 bridgehead atoms. The lowest BCUT2D eigenvalue weighted by atomic mass is 10.3. The molecule has 2 aromatic rings. The number of ether oxygens (including phenoxy) is 1. The van der Waals surface area contributed by atoms with Gasteiger partial charge in [0.2, 0.25) is 5.88 Å². The third-order valence-corrected chi connectivity index (χ3v) is 3.50. The van der Waals surface area contributed by atoms with Gasteiger partial charge in [0.1, 0.15) is 0 Å². The average molecular weight is 295 g/mol. The predicted octanol–water partition coefficient (Wildman–Crippen LogP) is 1.12. The van der Waals surface area contributed by atoms with Crippen LogP contribution in [0, 0.1) is 0 Å². The molecule has 0 saturated carbocycles. The first-order valence-corrected chi connectivity index (χ1v) is 6.55. The highest BCUT2D eigenvalue weighted by Crippen LogP contribution is 2.17. The van der Waals surface area contributed by atoms with Crippen LogP contribution in [0.15, 0.2) is 17.6 Å². The molecule has 106 valence electrons.